The number of carboxylic acids is 1. The van der Waals surface area contributed by atoms with Crippen molar-refractivity contribution in [2.45, 2.75) is 43.7 Å². The summed E-state index contributed by atoms with van der Waals surface area (Å²) in [5.41, 5.74) is 4.67. The molecule has 7 heteroatoms. The van der Waals surface area contributed by atoms with Crippen LogP contribution in [0.5, 0.6) is 0 Å². The van der Waals surface area contributed by atoms with E-state index in [1.54, 1.807) is 6.08 Å². The summed E-state index contributed by atoms with van der Waals surface area (Å²) < 4.78 is 5.60. The Morgan fingerprint density at radius 1 is 0.882 bits per heavy atom. The van der Waals surface area contributed by atoms with E-state index >= 15 is 0 Å². The molecule has 0 bridgehead atoms. The Kier molecular flexibility index (Phi) is 6.09. The van der Waals surface area contributed by atoms with Crippen LogP contribution >= 0.6 is 0 Å². The van der Waals surface area contributed by atoms with Crippen LogP contribution in [0.25, 0.3) is 11.1 Å². The molecule has 0 aliphatic heterocycles. The van der Waals surface area contributed by atoms with Crippen molar-refractivity contribution in [1.82, 2.24) is 10.6 Å². The summed E-state index contributed by atoms with van der Waals surface area (Å²) >= 11 is 0. The first-order valence-corrected chi connectivity index (χ1v) is 11.8. The van der Waals surface area contributed by atoms with Crippen LogP contribution < -0.4 is 10.6 Å². The van der Waals surface area contributed by atoms with Gasteiger partial charge in [-0.25, -0.2) is 4.79 Å². The first-order chi connectivity index (χ1) is 16.5. The summed E-state index contributed by atoms with van der Waals surface area (Å²) in [5, 5.41) is 14.9. The molecule has 0 aromatic heterocycles. The number of carboxylic acid groups (broad SMARTS) is 1. The van der Waals surface area contributed by atoms with Gasteiger partial charge < -0.3 is 20.5 Å². The first-order valence-electron chi connectivity index (χ1n) is 11.8. The predicted molar refractivity (Wildman–Crippen MR) is 126 cm³/mol. The normalized spacial score (nSPS) is 24.9. The van der Waals surface area contributed by atoms with Gasteiger partial charge in [0.15, 0.2) is 0 Å². The van der Waals surface area contributed by atoms with Crippen molar-refractivity contribution in [3.8, 4) is 11.1 Å². The number of amides is 2. The lowest BCUT2D eigenvalue weighted by Gasteiger charge is -2.18. The molecule has 0 radical (unpaired) electrons. The zero-order chi connectivity index (χ0) is 23.7. The second-order valence-electron chi connectivity index (χ2n) is 9.36. The number of carbonyl (C=O) groups is 3. The lowest BCUT2D eigenvalue weighted by Crippen LogP contribution is -2.39. The molecule has 2 unspecified atom stereocenters. The van der Waals surface area contributed by atoms with Crippen molar-refractivity contribution < 1.29 is 24.2 Å². The van der Waals surface area contributed by atoms with Crippen LogP contribution in [0, 0.1) is 11.8 Å². The van der Waals surface area contributed by atoms with E-state index < -0.39 is 12.1 Å². The van der Waals surface area contributed by atoms with Crippen LogP contribution in [-0.4, -0.2) is 41.8 Å². The molecular formula is C27H28N2O5. The Morgan fingerprint density at radius 2 is 1.56 bits per heavy atom. The average molecular weight is 461 g/mol. The third-order valence-corrected chi connectivity index (χ3v) is 7.20. The number of hydrogen-bond acceptors (Lipinski definition) is 4. The second-order valence-corrected chi connectivity index (χ2v) is 9.36. The van der Waals surface area contributed by atoms with Gasteiger partial charge in [0.05, 0.1) is 17.9 Å². The van der Waals surface area contributed by atoms with E-state index in [1.807, 2.05) is 30.3 Å². The maximum Gasteiger partial charge on any atom is 0.407 e. The van der Waals surface area contributed by atoms with Gasteiger partial charge in [-0.1, -0.05) is 60.7 Å². The molecule has 1 fully saturated rings. The van der Waals surface area contributed by atoms with Crippen LogP contribution in [0.2, 0.25) is 0 Å². The molecule has 0 saturated heterocycles. The highest BCUT2D eigenvalue weighted by molar-refractivity contribution is 5.82. The van der Waals surface area contributed by atoms with Gasteiger partial charge in [-0.05, 0) is 47.9 Å². The Hall–Kier alpha value is -3.61. The number of nitrogens with one attached hydrogen (secondary N) is 2. The van der Waals surface area contributed by atoms with Crippen molar-refractivity contribution in [1.29, 1.82) is 0 Å². The van der Waals surface area contributed by atoms with Gasteiger partial charge in [-0.15, -0.1) is 0 Å². The smallest absolute Gasteiger partial charge is 0.407 e. The highest BCUT2D eigenvalue weighted by atomic mass is 16.5. The molecule has 7 nitrogen and oxygen atoms in total. The topological polar surface area (TPSA) is 105 Å². The summed E-state index contributed by atoms with van der Waals surface area (Å²) in [7, 11) is 0. The minimum Gasteiger partial charge on any atom is -0.481 e. The molecular weight excluding hydrogens is 432 g/mol. The summed E-state index contributed by atoms with van der Waals surface area (Å²) in [6.45, 7) is 0.243. The van der Waals surface area contributed by atoms with Gasteiger partial charge in [0.1, 0.15) is 6.61 Å². The number of fused-ring (bicyclic) bond motifs is 3. The number of ether oxygens (including phenoxy) is 1. The molecule has 2 aromatic carbocycles. The Balaban J connectivity index is 1.11. The van der Waals surface area contributed by atoms with E-state index in [0.29, 0.717) is 25.7 Å². The molecule has 34 heavy (non-hydrogen) atoms. The van der Waals surface area contributed by atoms with E-state index in [1.165, 1.54) is 11.1 Å². The number of aliphatic carboxylic acids is 1. The van der Waals surface area contributed by atoms with Crippen LogP contribution in [0.3, 0.4) is 0 Å². The monoisotopic (exact) mass is 460 g/mol. The third kappa shape index (κ3) is 4.42. The Bertz CT molecular complexity index is 1100. The van der Waals surface area contributed by atoms with Crippen molar-refractivity contribution in [3.05, 3.63) is 71.8 Å². The molecule has 0 spiro atoms. The summed E-state index contributed by atoms with van der Waals surface area (Å²) in [4.78, 5) is 36.2. The minimum atomic E-state index is -0.801. The molecule has 1 saturated carbocycles. The minimum absolute atomic E-state index is 0.00293. The predicted octanol–water partition coefficient (Wildman–Crippen LogP) is 3.84. The number of rotatable bonds is 6. The lowest BCUT2D eigenvalue weighted by atomic mass is 9.98. The average Bonchev–Trinajstić information content (AvgIpc) is 3.56. The molecule has 176 valence electrons. The summed E-state index contributed by atoms with van der Waals surface area (Å²) in [5.74, 6) is -1.65. The number of hydrogen-bond donors (Lipinski definition) is 3. The van der Waals surface area contributed by atoms with Gasteiger partial charge in [-0.2, -0.15) is 0 Å². The maximum absolute atomic E-state index is 12.6. The van der Waals surface area contributed by atoms with Gasteiger partial charge >= 0.3 is 12.1 Å². The second kappa shape index (κ2) is 9.33. The molecule has 3 aliphatic rings. The highest BCUT2D eigenvalue weighted by Gasteiger charge is 2.34. The molecule has 0 heterocycles. The van der Waals surface area contributed by atoms with Crippen molar-refractivity contribution in [3.63, 3.8) is 0 Å². The van der Waals surface area contributed by atoms with Crippen LogP contribution in [0.1, 0.15) is 42.7 Å². The summed E-state index contributed by atoms with van der Waals surface area (Å²) in [6, 6.07) is 16.0. The van der Waals surface area contributed by atoms with E-state index in [-0.39, 0.29) is 42.4 Å². The fourth-order valence-electron chi connectivity index (χ4n) is 5.44. The Morgan fingerprint density at radius 3 is 2.21 bits per heavy atom. The zero-order valence-electron chi connectivity index (χ0n) is 18.8. The summed E-state index contributed by atoms with van der Waals surface area (Å²) in [6.07, 6.45) is 5.32. The SMILES string of the molecule is O=C(NC1C=CC(C(=O)N[C@@H]2CC[C@H](C(=O)O)C2)C1)OCC1c2ccccc2-c2ccccc21. The number of alkyl carbamates (subject to hydrolysis) is 1. The van der Waals surface area contributed by atoms with Crippen molar-refractivity contribution >= 4 is 18.0 Å². The van der Waals surface area contributed by atoms with E-state index in [0.717, 1.165) is 11.1 Å². The maximum atomic E-state index is 12.6. The van der Waals surface area contributed by atoms with Gasteiger partial charge in [0, 0.05) is 12.0 Å². The molecule has 3 N–H and O–H groups in total. The van der Waals surface area contributed by atoms with Crippen molar-refractivity contribution in [2.24, 2.45) is 11.8 Å². The number of carbonyl (C=O) groups excluding carboxylic acids is 2. The van der Waals surface area contributed by atoms with E-state index in [9.17, 15) is 14.4 Å². The van der Waals surface area contributed by atoms with E-state index in [2.05, 4.69) is 34.9 Å². The van der Waals surface area contributed by atoms with Gasteiger partial charge in [-0.3, -0.25) is 9.59 Å². The molecule has 5 rings (SSSR count). The first kappa shape index (κ1) is 22.2. The van der Waals surface area contributed by atoms with Crippen LogP contribution in [0.15, 0.2) is 60.7 Å². The third-order valence-electron chi connectivity index (χ3n) is 7.20. The van der Waals surface area contributed by atoms with E-state index in [4.69, 9.17) is 9.84 Å². The fraction of sp³-hybridized carbons (Fsp3) is 0.370. The van der Waals surface area contributed by atoms with Crippen LogP contribution in [-0.2, 0) is 14.3 Å². The zero-order valence-corrected chi connectivity index (χ0v) is 18.8. The fourth-order valence-corrected chi connectivity index (χ4v) is 5.44. The highest BCUT2D eigenvalue weighted by Crippen LogP contribution is 2.44. The molecule has 4 atom stereocenters. The molecule has 2 aromatic rings. The largest absolute Gasteiger partial charge is 0.481 e. The Labute approximate surface area is 198 Å². The van der Waals surface area contributed by atoms with Gasteiger partial charge in [0.2, 0.25) is 5.91 Å². The lowest BCUT2D eigenvalue weighted by molar-refractivity contribution is -0.141. The van der Waals surface area contributed by atoms with Gasteiger partial charge in [0.25, 0.3) is 0 Å². The van der Waals surface area contributed by atoms with Crippen LogP contribution in [0.4, 0.5) is 4.79 Å². The molecule has 2 amide bonds. The van der Waals surface area contributed by atoms with Crippen molar-refractivity contribution in [2.75, 3.05) is 6.61 Å². The standard InChI is InChI=1S/C27H28N2O5/c30-25(28-18-12-10-17(14-18)26(31)32)16-9-11-19(13-16)29-27(33)34-15-24-22-7-3-1-5-20(22)21-6-2-4-8-23(21)24/h1-9,11,16-19,24H,10,12-15H2,(H,28,30)(H,29,33)(H,31,32)/t16?,17-,18+,19?/m0/s1. The quantitative estimate of drug-likeness (QED) is 0.568. The molecule has 3 aliphatic carbocycles. The number of benzene rings is 2.